The number of hydrogen-bond acceptors (Lipinski definition) is 4. The molecular weight excluding hydrogens is 196 g/mol. The van der Waals surface area contributed by atoms with Crippen LogP contribution in [0, 0.1) is 5.41 Å². The predicted molar refractivity (Wildman–Crippen MR) is 57.3 cm³/mol. The highest BCUT2D eigenvalue weighted by atomic mass is 17.2. The molecule has 0 rings (SSSR count). The number of ether oxygens (including phenoxy) is 1. The van der Waals surface area contributed by atoms with Crippen molar-refractivity contribution in [3.05, 3.63) is 0 Å². The van der Waals surface area contributed by atoms with Crippen molar-refractivity contribution < 1.29 is 19.3 Å². The Morgan fingerprint density at radius 1 is 1.20 bits per heavy atom. The van der Waals surface area contributed by atoms with E-state index < -0.39 is 11.8 Å². The second kappa shape index (κ2) is 5.35. The Balaban J connectivity index is 4.13. The smallest absolute Gasteiger partial charge is 0.436 e. The molecular formula is C11H22O4. The van der Waals surface area contributed by atoms with E-state index in [-0.39, 0.29) is 5.41 Å². The summed E-state index contributed by atoms with van der Waals surface area (Å²) >= 11 is 0. The number of carbonyl (C=O) groups excluding carboxylic acids is 1. The standard InChI is InChI=1S/C11H22O4/c1-7-10(2,3)8-11(4,5)15-14-9(12)13-6/h7-8H2,1-6H3. The van der Waals surface area contributed by atoms with Gasteiger partial charge in [-0.05, 0) is 25.7 Å². The molecule has 0 aromatic carbocycles. The third-order valence-corrected chi connectivity index (χ3v) is 2.36. The minimum Gasteiger partial charge on any atom is -0.436 e. The van der Waals surface area contributed by atoms with Gasteiger partial charge in [0.25, 0.3) is 0 Å². The topological polar surface area (TPSA) is 44.8 Å². The Labute approximate surface area is 91.8 Å². The molecule has 0 aromatic rings. The van der Waals surface area contributed by atoms with Crippen molar-refractivity contribution in [1.29, 1.82) is 0 Å². The molecule has 0 N–H and O–H groups in total. The summed E-state index contributed by atoms with van der Waals surface area (Å²) in [6.07, 6.45) is 1.02. The second-order valence-corrected chi connectivity index (χ2v) is 5.08. The molecule has 0 aliphatic heterocycles. The molecule has 4 nitrogen and oxygen atoms in total. The Morgan fingerprint density at radius 2 is 1.73 bits per heavy atom. The summed E-state index contributed by atoms with van der Waals surface area (Å²) in [4.78, 5) is 20.3. The SMILES string of the molecule is CCC(C)(C)CC(C)(C)OOC(=O)OC. The highest BCUT2D eigenvalue weighted by Gasteiger charge is 2.30. The van der Waals surface area contributed by atoms with Gasteiger partial charge in [-0.15, -0.1) is 0 Å². The van der Waals surface area contributed by atoms with Crippen molar-refractivity contribution in [3.63, 3.8) is 0 Å². The van der Waals surface area contributed by atoms with Gasteiger partial charge in [0.05, 0.1) is 7.11 Å². The van der Waals surface area contributed by atoms with Gasteiger partial charge >= 0.3 is 6.16 Å². The Kier molecular flexibility index (Phi) is 5.08. The van der Waals surface area contributed by atoms with E-state index in [0.717, 1.165) is 12.8 Å². The third-order valence-electron chi connectivity index (χ3n) is 2.36. The normalized spacial score (nSPS) is 12.4. The maximum Gasteiger partial charge on any atom is 0.540 e. The highest BCUT2D eigenvalue weighted by molar-refractivity contribution is 5.58. The molecule has 15 heavy (non-hydrogen) atoms. The fourth-order valence-corrected chi connectivity index (χ4v) is 1.49. The Morgan fingerprint density at radius 3 is 2.13 bits per heavy atom. The van der Waals surface area contributed by atoms with E-state index in [1.54, 1.807) is 0 Å². The maximum atomic E-state index is 10.7. The summed E-state index contributed by atoms with van der Waals surface area (Å²) in [7, 11) is 1.24. The molecule has 0 atom stereocenters. The number of rotatable bonds is 5. The van der Waals surface area contributed by atoms with E-state index in [9.17, 15) is 4.79 Å². The van der Waals surface area contributed by atoms with Crippen molar-refractivity contribution in [2.45, 2.75) is 53.1 Å². The van der Waals surface area contributed by atoms with Crippen molar-refractivity contribution >= 4 is 6.16 Å². The van der Waals surface area contributed by atoms with Gasteiger partial charge in [0, 0.05) is 0 Å². The van der Waals surface area contributed by atoms with E-state index in [1.807, 2.05) is 13.8 Å². The molecule has 0 heterocycles. The molecule has 0 aromatic heterocycles. The molecule has 0 radical (unpaired) electrons. The minimum atomic E-state index is -0.822. The van der Waals surface area contributed by atoms with Gasteiger partial charge < -0.3 is 4.74 Å². The van der Waals surface area contributed by atoms with Crippen LogP contribution in [-0.2, 0) is 14.5 Å². The van der Waals surface area contributed by atoms with E-state index in [2.05, 4.69) is 30.4 Å². The first-order valence-corrected chi connectivity index (χ1v) is 5.16. The summed E-state index contributed by atoms with van der Waals surface area (Å²) in [5, 5.41) is 0. The van der Waals surface area contributed by atoms with Gasteiger partial charge in [0.2, 0.25) is 0 Å². The highest BCUT2D eigenvalue weighted by Crippen LogP contribution is 2.32. The zero-order valence-corrected chi connectivity index (χ0v) is 10.5. The van der Waals surface area contributed by atoms with Gasteiger partial charge in [-0.3, -0.25) is 4.89 Å². The van der Waals surface area contributed by atoms with Crippen molar-refractivity contribution in [3.8, 4) is 0 Å². The van der Waals surface area contributed by atoms with Crippen LogP contribution in [0.3, 0.4) is 0 Å². The van der Waals surface area contributed by atoms with Gasteiger partial charge in [0.1, 0.15) is 5.60 Å². The first-order chi connectivity index (χ1) is 6.72. The number of methoxy groups -OCH3 is 1. The summed E-state index contributed by atoms with van der Waals surface area (Å²) in [5.74, 6) is 0. The first kappa shape index (κ1) is 14.2. The lowest BCUT2D eigenvalue weighted by atomic mass is 9.80. The van der Waals surface area contributed by atoms with Gasteiger partial charge in [0.15, 0.2) is 0 Å². The fraction of sp³-hybridized carbons (Fsp3) is 0.909. The minimum absolute atomic E-state index is 0.156. The van der Waals surface area contributed by atoms with Crippen LogP contribution >= 0.6 is 0 Å². The zero-order chi connectivity index (χ0) is 12.1. The quantitative estimate of drug-likeness (QED) is 0.403. The van der Waals surface area contributed by atoms with Crippen molar-refractivity contribution in [2.24, 2.45) is 5.41 Å². The van der Waals surface area contributed by atoms with Crippen LogP contribution in [-0.4, -0.2) is 18.9 Å². The van der Waals surface area contributed by atoms with Crippen LogP contribution in [0.5, 0.6) is 0 Å². The molecule has 0 bridgehead atoms. The second-order valence-electron chi connectivity index (χ2n) is 5.08. The van der Waals surface area contributed by atoms with E-state index >= 15 is 0 Å². The fourth-order valence-electron chi connectivity index (χ4n) is 1.49. The monoisotopic (exact) mass is 218 g/mol. The van der Waals surface area contributed by atoms with E-state index in [0.29, 0.717) is 0 Å². The summed E-state index contributed by atoms with van der Waals surface area (Å²) < 4.78 is 4.32. The van der Waals surface area contributed by atoms with E-state index in [4.69, 9.17) is 4.89 Å². The molecule has 0 unspecified atom stereocenters. The lowest BCUT2D eigenvalue weighted by Gasteiger charge is -2.32. The molecule has 0 aliphatic carbocycles. The number of carbonyl (C=O) groups is 1. The lowest BCUT2D eigenvalue weighted by Crippen LogP contribution is -2.32. The van der Waals surface area contributed by atoms with Crippen LogP contribution in [0.15, 0.2) is 0 Å². The van der Waals surface area contributed by atoms with Crippen LogP contribution in [0.2, 0.25) is 0 Å². The average molecular weight is 218 g/mol. The largest absolute Gasteiger partial charge is 0.540 e. The molecule has 90 valence electrons. The Bertz CT molecular complexity index is 209. The summed E-state index contributed by atoms with van der Waals surface area (Å²) in [6.45, 7) is 10.2. The van der Waals surface area contributed by atoms with Gasteiger partial charge in [-0.25, -0.2) is 4.79 Å². The van der Waals surface area contributed by atoms with E-state index in [1.165, 1.54) is 7.11 Å². The van der Waals surface area contributed by atoms with Crippen LogP contribution < -0.4 is 0 Å². The molecule has 0 spiro atoms. The zero-order valence-electron chi connectivity index (χ0n) is 10.5. The predicted octanol–water partition coefficient (Wildman–Crippen LogP) is 3.31. The van der Waals surface area contributed by atoms with Gasteiger partial charge in [-0.2, -0.15) is 4.89 Å². The van der Waals surface area contributed by atoms with Crippen LogP contribution in [0.25, 0.3) is 0 Å². The molecule has 0 saturated heterocycles. The molecule has 0 saturated carbocycles. The molecule has 0 amide bonds. The third kappa shape index (κ3) is 6.33. The summed E-state index contributed by atoms with van der Waals surface area (Å²) in [6, 6.07) is 0. The van der Waals surface area contributed by atoms with Crippen molar-refractivity contribution in [2.75, 3.05) is 7.11 Å². The van der Waals surface area contributed by atoms with Gasteiger partial charge in [-0.1, -0.05) is 27.2 Å². The first-order valence-electron chi connectivity index (χ1n) is 5.16. The molecule has 4 heteroatoms. The average Bonchev–Trinajstić information content (AvgIpc) is 2.13. The van der Waals surface area contributed by atoms with Crippen LogP contribution in [0.1, 0.15) is 47.5 Å². The maximum absolute atomic E-state index is 10.7. The number of hydrogen-bond donors (Lipinski definition) is 0. The Hall–Kier alpha value is -0.770. The summed E-state index contributed by atoms with van der Waals surface area (Å²) in [5.41, 5.74) is -0.351. The molecule has 0 aliphatic rings. The van der Waals surface area contributed by atoms with Crippen LogP contribution in [0.4, 0.5) is 4.79 Å². The van der Waals surface area contributed by atoms with Crippen molar-refractivity contribution in [1.82, 2.24) is 0 Å². The lowest BCUT2D eigenvalue weighted by molar-refractivity contribution is -0.321. The molecule has 0 fully saturated rings.